The van der Waals surface area contributed by atoms with Crippen LogP contribution in [0, 0.1) is 13.8 Å². The van der Waals surface area contributed by atoms with Crippen LogP contribution in [0.15, 0.2) is 43.1 Å². The molecule has 12 heteroatoms. The van der Waals surface area contributed by atoms with Gasteiger partial charge >= 0.3 is 0 Å². The summed E-state index contributed by atoms with van der Waals surface area (Å²) in [5.74, 6) is 0.684. The van der Waals surface area contributed by atoms with E-state index in [4.69, 9.17) is 4.74 Å². The van der Waals surface area contributed by atoms with Crippen LogP contribution in [-0.4, -0.2) is 69.9 Å². The van der Waals surface area contributed by atoms with E-state index >= 15 is 0 Å². The molecule has 190 valence electrons. The smallest absolute Gasteiger partial charge is 0.295 e. The predicted octanol–water partition coefficient (Wildman–Crippen LogP) is 2.39. The molecule has 5 aromatic rings. The van der Waals surface area contributed by atoms with Gasteiger partial charge < -0.3 is 14.6 Å². The zero-order chi connectivity index (χ0) is 26.4. The number of hydrogen-bond acceptors (Lipinski definition) is 9. The third-order valence-corrected chi connectivity index (χ3v) is 6.51. The molecule has 0 aliphatic carbocycles. The van der Waals surface area contributed by atoms with Crippen molar-refractivity contribution in [3.05, 3.63) is 71.6 Å². The van der Waals surface area contributed by atoms with Gasteiger partial charge in [0.15, 0.2) is 5.82 Å². The summed E-state index contributed by atoms with van der Waals surface area (Å²) in [5.41, 5.74) is 3.88. The number of nitrogens with one attached hydrogen (secondary N) is 1. The van der Waals surface area contributed by atoms with Gasteiger partial charge in [0.05, 0.1) is 53.4 Å². The Morgan fingerprint density at radius 3 is 2.68 bits per heavy atom. The molecule has 5 aromatic heterocycles. The highest BCUT2D eigenvalue weighted by Gasteiger charge is 2.32. The van der Waals surface area contributed by atoms with Crippen LogP contribution >= 0.6 is 0 Å². The SMILES string of the molecule is COc1cnc(-n2cnc(C)n2)c2[nH]cc(C(=O)C(=O)N3CCc4c(nc(C)nc4-c4ccccn4)C3)c12. The topological polar surface area (TPSA) is 145 Å². The lowest BCUT2D eigenvalue weighted by molar-refractivity contribution is -0.127. The number of H-pyrrole nitrogens is 1. The Morgan fingerprint density at radius 2 is 1.95 bits per heavy atom. The summed E-state index contributed by atoms with van der Waals surface area (Å²) in [4.78, 5) is 53.8. The number of methoxy groups -OCH3 is 1. The number of aromatic amines is 1. The maximum atomic E-state index is 13.5. The van der Waals surface area contributed by atoms with Gasteiger partial charge in [-0.15, -0.1) is 0 Å². The van der Waals surface area contributed by atoms with Crippen LogP contribution in [0.3, 0.4) is 0 Å². The number of Topliss-reactive ketones (excluding diaryl/α,β-unsaturated/α-hetero) is 1. The summed E-state index contributed by atoms with van der Waals surface area (Å²) in [5, 5.41) is 4.77. The van der Waals surface area contributed by atoms with Gasteiger partial charge in [0.2, 0.25) is 0 Å². The quantitative estimate of drug-likeness (QED) is 0.279. The molecular weight excluding hydrogens is 486 g/mol. The van der Waals surface area contributed by atoms with Crippen molar-refractivity contribution >= 4 is 22.6 Å². The lowest BCUT2D eigenvalue weighted by Crippen LogP contribution is -2.41. The third kappa shape index (κ3) is 3.86. The van der Waals surface area contributed by atoms with Crippen LogP contribution in [0.1, 0.15) is 33.3 Å². The number of carbonyl (C=O) groups is 2. The van der Waals surface area contributed by atoms with Crippen LogP contribution in [-0.2, 0) is 17.8 Å². The summed E-state index contributed by atoms with van der Waals surface area (Å²) < 4.78 is 6.99. The Balaban J connectivity index is 1.34. The van der Waals surface area contributed by atoms with Crippen molar-refractivity contribution in [2.75, 3.05) is 13.7 Å². The Hall–Kier alpha value is -5.00. The van der Waals surface area contributed by atoms with E-state index in [2.05, 4.69) is 35.0 Å². The van der Waals surface area contributed by atoms with Crippen molar-refractivity contribution in [1.29, 1.82) is 0 Å². The molecular formula is C26H23N9O3. The highest BCUT2D eigenvalue weighted by atomic mass is 16.5. The van der Waals surface area contributed by atoms with Crippen LogP contribution in [0.4, 0.5) is 0 Å². The maximum Gasteiger partial charge on any atom is 0.295 e. The minimum absolute atomic E-state index is 0.196. The lowest BCUT2D eigenvalue weighted by Gasteiger charge is -2.28. The fourth-order valence-electron chi connectivity index (χ4n) is 4.76. The molecule has 6 rings (SSSR count). The third-order valence-electron chi connectivity index (χ3n) is 6.51. The zero-order valence-corrected chi connectivity index (χ0v) is 21.0. The molecule has 1 amide bonds. The monoisotopic (exact) mass is 509 g/mol. The second-order valence-electron chi connectivity index (χ2n) is 8.90. The summed E-state index contributed by atoms with van der Waals surface area (Å²) in [6.07, 6.45) is 6.77. The summed E-state index contributed by atoms with van der Waals surface area (Å²) >= 11 is 0. The minimum Gasteiger partial charge on any atom is -0.494 e. The number of fused-ring (bicyclic) bond motifs is 2. The molecule has 1 aliphatic rings. The van der Waals surface area contributed by atoms with E-state index in [-0.39, 0.29) is 12.1 Å². The molecule has 0 saturated heterocycles. The van der Waals surface area contributed by atoms with Gasteiger partial charge in [0.25, 0.3) is 11.7 Å². The second kappa shape index (κ2) is 9.14. The van der Waals surface area contributed by atoms with Gasteiger partial charge in [-0.25, -0.2) is 24.6 Å². The van der Waals surface area contributed by atoms with Crippen molar-refractivity contribution in [3.63, 3.8) is 0 Å². The molecule has 38 heavy (non-hydrogen) atoms. The van der Waals surface area contributed by atoms with Gasteiger partial charge in [0, 0.05) is 24.5 Å². The second-order valence-corrected chi connectivity index (χ2v) is 8.90. The number of aryl methyl sites for hydroxylation is 2. The van der Waals surface area contributed by atoms with Crippen molar-refractivity contribution in [1.82, 2.24) is 44.6 Å². The van der Waals surface area contributed by atoms with Crippen molar-refractivity contribution in [2.24, 2.45) is 0 Å². The molecule has 0 fully saturated rings. The fraction of sp³-hybridized carbons (Fsp3) is 0.231. The van der Waals surface area contributed by atoms with Crippen molar-refractivity contribution < 1.29 is 14.3 Å². The van der Waals surface area contributed by atoms with Crippen LogP contribution in [0.25, 0.3) is 28.1 Å². The number of ether oxygens (including phenoxy) is 1. The number of carbonyl (C=O) groups excluding carboxylic acids is 2. The highest BCUT2D eigenvalue weighted by Crippen LogP contribution is 2.32. The Bertz CT molecular complexity index is 1710. The van der Waals surface area contributed by atoms with Crippen LogP contribution in [0.5, 0.6) is 5.75 Å². The molecule has 1 aliphatic heterocycles. The molecule has 6 heterocycles. The zero-order valence-electron chi connectivity index (χ0n) is 21.0. The summed E-state index contributed by atoms with van der Waals surface area (Å²) in [6, 6.07) is 5.66. The molecule has 1 N–H and O–H groups in total. The van der Waals surface area contributed by atoms with Gasteiger partial charge in [-0.3, -0.25) is 14.6 Å². The average Bonchev–Trinajstić information content (AvgIpc) is 3.58. The van der Waals surface area contributed by atoms with E-state index in [0.717, 1.165) is 22.6 Å². The first-order chi connectivity index (χ1) is 18.4. The van der Waals surface area contributed by atoms with E-state index in [9.17, 15) is 9.59 Å². The van der Waals surface area contributed by atoms with E-state index in [1.807, 2.05) is 18.2 Å². The first kappa shape index (κ1) is 23.4. The molecule has 12 nitrogen and oxygen atoms in total. The molecule has 0 bridgehead atoms. The van der Waals surface area contributed by atoms with Gasteiger partial charge in [-0.1, -0.05) is 6.07 Å². The van der Waals surface area contributed by atoms with E-state index in [0.29, 0.717) is 47.1 Å². The Morgan fingerprint density at radius 1 is 1.08 bits per heavy atom. The Kier molecular flexibility index (Phi) is 5.63. The summed E-state index contributed by atoms with van der Waals surface area (Å²) in [7, 11) is 1.49. The normalized spacial score (nSPS) is 13.0. The first-order valence-electron chi connectivity index (χ1n) is 12.0. The number of ketones is 1. The van der Waals surface area contributed by atoms with Crippen LogP contribution in [0.2, 0.25) is 0 Å². The van der Waals surface area contributed by atoms with Gasteiger partial charge in [-0.05, 0) is 32.4 Å². The largest absolute Gasteiger partial charge is 0.494 e. The Labute approximate surface area is 216 Å². The van der Waals surface area contributed by atoms with Gasteiger partial charge in [0.1, 0.15) is 23.7 Å². The fourth-order valence-corrected chi connectivity index (χ4v) is 4.76. The summed E-state index contributed by atoms with van der Waals surface area (Å²) in [6.45, 7) is 4.13. The number of pyridine rings is 2. The first-order valence-corrected chi connectivity index (χ1v) is 12.0. The molecule has 0 spiro atoms. The highest BCUT2D eigenvalue weighted by molar-refractivity contribution is 6.45. The number of nitrogens with zero attached hydrogens (tertiary/aromatic N) is 8. The molecule has 0 saturated carbocycles. The van der Waals surface area contributed by atoms with Crippen molar-refractivity contribution in [3.8, 4) is 23.0 Å². The maximum absolute atomic E-state index is 13.5. The lowest BCUT2D eigenvalue weighted by atomic mass is 9.99. The standard InChI is InChI=1S/C26H23N9O3/c1-14-30-13-35(33-14)25-23-21(20(38-3)11-29-25)17(10-28-23)24(36)26(37)34-9-7-16-19(12-34)31-15(2)32-22(16)18-6-4-5-8-27-18/h4-6,8,10-11,13,28H,7,9,12H2,1-3H3. The molecule has 0 unspecified atom stereocenters. The minimum atomic E-state index is -0.652. The van der Waals surface area contributed by atoms with E-state index in [1.54, 1.807) is 20.0 Å². The van der Waals surface area contributed by atoms with Crippen molar-refractivity contribution in [2.45, 2.75) is 26.8 Å². The number of aromatic nitrogens is 8. The van der Waals surface area contributed by atoms with Gasteiger partial charge in [-0.2, -0.15) is 5.10 Å². The molecule has 0 radical (unpaired) electrons. The van der Waals surface area contributed by atoms with Crippen LogP contribution < -0.4 is 4.74 Å². The molecule has 0 aromatic carbocycles. The number of hydrogen-bond donors (Lipinski definition) is 1. The van der Waals surface area contributed by atoms with E-state index < -0.39 is 11.7 Å². The average molecular weight is 510 g/mol. The predicted molar refractivity (Wildman–Crippen MR) is 136 cm³/mol. The number of amides is 1. The van der Waals surface area contributed by atoms with E-state index in [1.165, 1.54) is 35.4 Å². The molecule has 0 atom stereocenters. The number of rotatable bonds is 5.